The minimum absolute atomic E-state index is 0.478. The van der Waals surface area contributed by atoms with Crippen LogP contribution >= 0.6 is 23.2 Å². The largest absolute Gasteiger partial charge is 0.236 e. The number of nitrogens with zero attached hydrogens (tertiary/aromatic N) is 2. The van der Waals surface area contributed by atoms with Gasteiger partial charge in [0.05, 0.1) is 5.52 Å². The summed E-state index contributed by atoms with van der Waals surface area (Å²) in [7, 11) is 0. The molecule has 2 nitrogen and oxygen atoms in total. The van der Waals surface area contributed by atoms with Crippen LogP contribution in [0.15, 0.2) is 24.5 Å². The summed E-state index contributed by atoms with van der Waals surface area (Å²) in [4.78, 5) is 7.98. The molecule has 0 saturated heterocycles. The Kier molecular flexibility index (Phi) is 2.34. The molecule has 0 fully saturated rings. The van der Waals surface area contributed by atoms with Gasteiger partial charge in [-0.1, -0.05) is 17.7 Å². The maximum absolute atomic E-state index is 5.87. The molecule has 2 rings (SSSR count). The first-order chi connectivity index (χ1) is 6.31. The maximum Gasteiger partial charge on any atom is 0.140 e. The number of hydrogen-bond acceptors (Lipinski definition) is 2. The Morgan fingerprint density at radius 2 is 2.08 bits per heavy atom. The van der Waals surface area contributed by atoms with Crippen LogP contribution in [0.2, 0.25) is 5.15 Å². The van der Waals surface area contributed by atoms with E-state index >= 15 is 0 Å². The highest BCUT2D eigenvalue weighted by atomic mass is 35.5. The smallest absolute Gasteiger partial charge is 0.140 e. The average molecular weight is 213 g/mol. The van der Waals surface area contributed by atoms with Gasteiger partial charge >= 0.3 is 0 Å². The molecule has 0 spiro atoms. The Morgan fingerprint density at radius 1 is 1.23 bits per heavy atom. The van der Waals surface area contributed by atoms with Crippen LogP contribution in [0.25, 0.3) is 10.9 Å². The topological polar surface area (TPSA) is 25.8 Å². The molecule has 1 heterocycles. The average Bonchev–Trinajstić information content (AvgIpc) is 2.18. The van der Waals surface area contributed by atoms with E-state index in [-0.39, 0.29) is 0 Å². The van der Waals surface area contributed by atoms with E-state index in [0.29, 0.717) is 11.0 Å². The Bertz CT molecular complexity index is 443. The molecule has 1 aromatic carbocycles. The third-order valence-corrected chi connectivity index (χ3v) is 2.42. The molecule has 0 bridgehead atoms. The Labute approximate surface area is 85.5 Å². The maximum atomic E-state index is 5.87. The monoisotopic (exact) mass is 212 g/mol. The van der Waals surface area contributed by atoms with E-state index in [0.717, 1.165) is 16.5 Å². The van der Waals surface area contributed by atoms with E-state index in [9.17, 15) is 0 Å². The number of fused-ring (bicyclic) bond motifs is 1. The molecule has 66 valence electrons. The second kappa shape index (κ2) is 3.48. The zero-order chi connectivity index (χ0) is 9.26. The van der Waals surface area contributed by atoms with Gasteiger partial charge in [0.2, 0.25) is 0 Å². The molecule has 1 aromatic heterocycles. The fourth-order valence-corrected chi connectivity index (χ4v) is 1.52. The summed E-state index contributed by atoms with van der Waals surface area (Å²) >= 11 is 11.6. The molecule has 4 heteroatoms. The minimum Gasteiger partial charge on any atom is -0.236 e. The molecule has 0 radical (unpaired) electrons. The summed E-state index contributed by atoms with van der Waals surface area (Å²) in [6.45, 7) is 0. The van der Waals surface area contributed by atoms with Crippen molar-refractivity contribution in [3.63, 3.8) is 0 Å². The molecule has 2 aromatic rings. The van der Waals surface area contributed by atoms with Crippen molar-refractivity contribution in [3.05, 3.63) is 35.2 Å². The lowest BCUT2D eigenvalue weighted by atomic mass is 10.2. The SMILES string of the molecule is ClCc1ccc2c(Cl)ncnc2c1. The van der Waals surface area contributed by atoms with Gasteiger partial charge in [0.1, 0.15) is 11.5 Å². The molecule has 0 aliphatic rings. The van der Waals surface area contributed by atoms with E-state index in [1.54, 1.807) is 0 Å². The number of halogens is 2. The van der Waals surface area contributed by atoms with Gasteiger partial charge in [-0.05, 0) is 17.7 Å². The van der Waals surface area contributed by atoms with Gasteiger partial charge in [-0.25, -0.2) is 9.97 Å². The summed E-state index contributed by atoms with van der Waals surface area (Å²) in [6.07, 6.45) is 1.45. The van der Waals surface area contributed by atoms with Crippen molar-refractivity contribution in [3.8, 4) is 0 Å². The lowest BCUT2D eigenvalue weighted by Crippen LogP contribution is -1.85. The van der Waals surface area contributed by atoms with Gasteiger partial charge in [0.15, 0.2) is 0 Å². The number of alkyl halides is 1. The number of hydrogen-bond donors (Lipinski definition) is 0. The van der Waals surface area contributed by atoms with Crippen molar-refractivity contribution < 1.29 is 0 Å². The van der Waals surface area contributed by atoms with Gasteiger partial charge < -0.3 is 0 Å². The number of benzene rings is 1. The van der Waals surface area contributed by atoms with Crippen molar-refractivity contribution in [2.24, 2.45) is 0 Å². The van der Waals surface area contributed by atoms with Crippen LogP contribution in [0.1, 0.15) is 5.56 Å². The van der Waals surface area contributed by atoms with Crippen molar-refractivity contribution in [1.29, 1.82) is 0 Å². The first-order valence-electron chi connectivity index (χ1n) is 3.76. The first kappa shape index (κ1) is 8.73. The zero-order valence-corrected chi connectivity index (χ0v) is 8.18. The lowest BCUT2D eigenvalue weighted by Gasteiger charge is -1.99. The van der Waals surface area contributed by atoms with Gasteiger partial charge in [0, 0.05) is 11.3 Å². The molecule has 0 aliphatic carbocycles. The highest BCUT2D eigenvalue weighted by molar-refractivity contribution is 6.34. The van der Waals surface area contributed by atoms with E-state index < -0.39 is 0 Å². The van der Waals surface area contributed by atoms with E-state index in [1.165, 1.54) is 6.33 Å². The second-order valence-electron chi connectivity index (χ2n) is 2.65. The van der Waals surface area contributed by atoms with Crippen LogP contribution < -0.4 is 0 Å². The predicted octanol–water partition coefficient (Wildman–Crippen LogP) is 3.02. The standard InChI is InChI=1S/C9H6Cl2N2/c10-4-6-1-2-7-8(3-6)12-5-13-9(7)11/h1-3,5H,4H2. The Morgan fingerprint density at radius 3 is 2.85 bits per heavy atom. The lowest BCUT2D eigenvalue weighted by molar-refractivity contribution is 1.22. The molecule has 0 N–H and O–H groups in total. The van der Waals surface area contributed by atoms with Crippen LogP contribution in [0.5, 0.6) is 0 Å². The molecule has 0 unspecified atom stereocenters. The third kappa shape index (κ3) is 1.60. The van der Waals surface area contributed by atoms with Crippen LogP contribution in [-0.2, 0) is 5.88 Å². The quantitative estimate of drug-likeness (QED) is 0.537. The van der Waals surface area contributed by atoms with Crippen molar-refractivity contribution in [2.45, 2.75) is 5.88 Å². The first-order valence-corrected chi connectivity index (χ1v) is 4.67. The van der Waals surface area contributed by atoms with Crippen LogP contribution in [-0.4, -0.2) is 9.97 Å². The van der Waals surface area contributed by atoms with Crippen molar-refractivity contribution >= 4 is 34.1 Å². The highest BCUT2D eigenvalue weighted by Crippen LogP contribution is 2.20. The fourth-order valence-electron chi connectivity index (χ4n) is 1.15. The third-order valence-electron chi connectivity index (χ3n) is 1.81. The van der Waals surface area contributed by atoms with Crippen LogP contribution in [0, 0.1) is 0 Å². The summed E-state index contributed by atoms with van der Waals surface area (Å²) in [5, 5.41) is 1.34. The molecular formula is C9H6Cl2N2. The van der Waals surface area contributed by atoms with Crippen LogP contribution in [0.3, 0.4) is 0 Å². The summed E-state index contributed by atoms with van der Waals surface area (Å²) < 4.78 is 0. The number of aromatic nitrogens is 2. The molecule has 13 heavy (non-hydrogen) atoms. The fraction of sp³-hybridized carbons (Fsp3) is 0.111. The summed E-state index contributed by atoms with van der Waals surface area (Å²) in [5.41, 5.74) is 1.86. The normalized spacial score (nSPS) is 10.6. The van der Waals surface area contributed by atoms with E-state index in [2.05, 4.69) is 9.97 Å². The Hall–Kier alpha value is -0.860. The summed E-state index contributed by atoms with van der Waals surface area (Å²) in [6, 6.07) is 5.72. The molecule has 0 aliphatic heterocycles. The minimum atomic E-state index is 0.478. The van der Waals surface area contributed by atoms with Crippen molar-refractivity contribution in [1.82, 2.24) is 9.97 Å². The van der Waals surface area contributed by atoms with E-state index in [1.807, 2.05) is 18.2 Å². The van der Waals surface area contributed by atoms with Gasteiger partial charge in [-0.2, -0.15) is 0 Å². The highest BCUT2D eigenvalue weighted by Gasteiger charge is 2.00. The van der Waals surface area contributed by atoms with Crippen LogP contribution in [0.4, 0.5) is 0 Å². The molecule has 0 atom stereocenters. The summed E-state index contributed by atoms with van der Waals surface area (Å²) in [5.74, 6) is 0.484. The molecule has 0 amide bonds. The molecular weight excluding hydrogens is 207 g/mol. The predicted molar refractivity (Wildman–Crippen MR) is 54.1 cm³/mol. The van der Waals surface area contributed by atoms with Crippen molar-refractivity contribution in [2.75, 3.05) is 0 Å². The van der Waals surface area contributed by atoms with Gasteiger partial charge in [0.25, 0.3) is 0 Å². The number of rotatable bonds is 1. The second-order valence-corrected chi connectivity index (χ2v) is 3.27. The zero-order valence-electron chi connectivity index (χ0n) is 6.67. The molecule has 0 saturated carbocycles. The van der Waals surface area contributed by atoms with Gasteiger partial charge in [-0.3, -0.25) is 0 Å². The van der Waals surface area contributed by atoms with Gasteiger partial charge in [-0.15, -0.1) is 11.6 Å². The Balaban J connectivity index is 2.72. The van der Waals surface area contributed by atoms with E-state index in [4.69, 9.17) is 23.2 Å².